The molecule has 2 aromatic heterocycles. The van der Waals surface area contributed by atoms with E-state index in [2.05, 4.69) is 10.3 Å². The zero-order valence-electron chi connectivity index (χ0n) is 15.8. The maximum atomic E-state index is 14.3. The maximum Gasteiger partial charge on any atom is 0.264 e. The average molecular weight is 401 g/mol. The molecule has 0 fully saturated rings. The molecule has 3 rings (SSSR count). The molecule has 0 aliphatic carbocycles. The molecule has 1 aromatic carbocycles. The van der Waals surface area contributed by atoms with Crippen molar-refractivity contribution in [2.75, 3.05) is 26.0 Å². The van der Waals surface area contributed by atoms with Crippen LogP contribution in [0.5, 0.6) is 0 Å². The molecule has 0 atom stereocenters. The van der Waals surface area contributed by atoms with E-state index in [0.29, 0.717) is 26.3 Å². The van der Waals surface area contributed by atoms with Gasteiger partial charge < -0.3 is 15.0 Å². The van der Waals surface area contributed by atoms with Gasteiger partial charge in [0.15, 0.2) is 0 Å². The Morgan fingerprint density at radius 3 is 2.82 bits per heavy atom. The quantitative estimate of drug-likeness (QED) is 0.685. The number of hydrogen-bond donors (Lipinski definition) is 1. The summed E-state index contributed by atoms with van der Waals surface area (Å²) in [6.07, 6.45) is 1.60. The molecule has 0 bridgehead atoms. The van der Waals surface area contributed by atoms with Gasteiger partial charge in [-0.1, -0.05) is 6.07 Å². The zero-order valence-corrected chi connectivity index (χ0v) is 16.6. The number of ether oxygens (including phenoxy) is 1. The number of amides is 2. The van der Waals surface area contributed by atoms with E-state index >= 15 is 0 Å². The molecule has 146 valence electrons. The van der Waals surface area contributed by atoms with Crippen molar-refractivity contribution in [3.8, 4) is 0 Å². The van der Waals surface area contributed by atoms with Crippen LogP contribution in [0.1, 0.15) is 20.8 Å². The van der Waals surface area contributed by atoms with Crippen LogP contribution >= 0.6 is 11.3 Å². The molecule has 2 heterocycles. The minimum absolute atomic E-state index is 0.106. The number of thiophene rings is 1. The summed E-state index contributed by atoms with van der Waals surface area (Å²) in [6.45, 7) is 1.85. The van der Waals surface area contributed by atoms with Crippen molar-refractivity contribution in [1.29, 1.82) is 0 Å². The number of likely N-dealkylation sites (N-methyl/N-ethyl adjacent to an activating group) is 1. The fraction of sp³-hybridized carbons (Fsp3) is 0.250. The van der Waals surface area contributed by atoms with Crippen molar-refractivity contribution in [2.24, 2.45) is 0 Å². The number of halogens is 1. The lowest BCUT2D eigenvalue weighted by molar-refractivity contribution is -0.116. The largest absolute Gasteiger partial charge is 0.380 e. The Bertz CT molecular complexity index is 1030. The van der Waals surface area contributed by atoms with Gasteiger partial charge in [-0.3, -0.25) is 9.59 Å². The molecule has 0 saturated carbocycles. The summed E-state index contributed by atoms with van der Waals surface area (Å²) in [5, 5.41) is 3.06. The summed E-state index contributed by atoms with van der Waals surface area (Å²) < 4.78 is 20.1. The van der Waals surface area contributed by atoms with E-state index in [1.807, 2.05) is 13.0 Å². The van der Waals surface area contributed by atoms with E-state index in [1.54, 1.807) is 24.4 Å². The molecule has 2 amide bonds. The van der Waals surface area contributed by atoms with Gasteiger partial charge in [0.1, 0.15) is 11.6 Å². The number of nitrogens with zero attached hydrogens (tertiary/aromatic N) is 2. The Morgan fingerprint density at radius 2 is 2.11 bits per heavy atom. The average Bonchev–Trinajstić information content (AvgIpc) is 3.01. The molecule has 6 nitrogen and oxygen atoms in total. The Balaban J connectivity index is 1.80. The number of aromatic nitrogens is 1. The number of methoxy groups -OCH3 is 1. The fourth-order valence-corrected chi connectivity index (χ4v) is 4.09. The predicted octanol–water partition coefficient (Wildman–Crippen LogP) is 3.60. The zero-order chi connectivity index (χ0) is 20.3. The highest BCUT2D eigenvalue weighted by Gasteiger charge is 2.24. The summed E-state index contributed by atoms with van der Waals surface area (Å²) in [6, 6.07) is 8.28. The minimum Gasteiger partial charge on any atom is -0.380 e. The lowest BCUT2D eigenvalue weighted by atomic mass is 10.1. The molecular weight excluding hydrogens is 381 g/mol. The number of nitrogens with one attached hydrogen (secondary N) is 1. The standard InChI is InChI=1S/C20H20FN3O3S/c1-12-7-8-22-16(9-12)23-17(25)10-24(2)20(26)19-13(11-27-3)18-14(21)5-4-6-15(18)28-19/h4-9H,10-11H2,1-3H3,(H,22,23,25). The van der Waals surface area contributed by atoms with Gasteiger partial charge in [-0.15, -0.1) is 11.3 Å². The van der Waals surface area contributed by atoms with Crippen molar-refractivity contribution in [2.45, 2.75) is 13.5 Å². The summed E-state index contributed by atoms with van der Waals surface area (Å²) in [5.74, 6) is -0.699. The molecule has 0 aliphatic heterocycles. The van der Waals surface area contributed by atoms with E-state index in [9.17, 15) is 14.0 Å². The number of carbonyl (C=O) groups is 2. The minimum atomic E-state index is -0.397. The Labute approximate surface area is 165 Å². The Morgan fingerprint density at radius 1 is 1.32 bits per heavy atom. The third kappa shape index (κ3) is 4.18. The van der Waals surface area contributed by atoms with Crippen molar-refractivity contribution in [3.63, 3.8) is 0 Å². The van der Waals surface area contributed by atoms with Crippen molar-refractivity contribution < 1.29 is 18.7 Å². The van der Waals surface area contributed by atoms with Crippen LogP contribution in [0, 0.1) is 12.7 Å². The van der Waals surface area contributed by atoms with Crippen LogP contribution in [0.4, 0.5) is 10.2 Å². The Hall–Kier alpha value is -2.84. The molecule has 28 heavy (non-hydrogen) atoms. The molecule has 0 saturated heterocycles. The second kappa shape index (κ2) is 8.45. The third-order valence-corrected chi connectivity index (χ3v) is 5.34. The number of fused-ring (bicyclic) bond motifs is 1. The normalized spacial score (nSPS) is 10.9. The highest BCUT2D eigenvalue weighted by Crippen LogP contribution is 2.34. The van der Waals surface area contributed by atoms with Crippen LogP contribution < -0.4 is 5.32 Å². The topological polar surface area (TPSA) is 71.5 Å². The van der Waals surface area contributed by atoms with Gasteiger partial charge in [-0.2, -0.15) is 0 Å². The van der Waals surface area contributed by atoms with E-state index in [0.717, 1.165) is 5.56 Å². The van der Waals surface area contributed by atoms with E-state index in [4.69, 9.17) is 4.74 Å². The van der Waals surface area contributed by atoms with E-state index in [-0.39, 0.29) is 25.0 Å². The molecule has 0 radical (unpaired) electrons. The van der Waals surface area contributed by atoms with E-state index < -0.39 is 5.82 Å². The maximum absolute atomic E-state index is 14.3. The van der Waals surface area contributed by atoms with Gasteiger partial charge >= 0.3 is 0 Å². The van der Waals surface area contributed by atoms with Crippen molar-refractivity contribution in [3.05, 3.63) is 58.3 Å². The first-order valence-corrected chi connectivity index (χ1v) is 9.39. The van der Waals surface area contributed by atoms with Crippen LogP contribution in [0.15, 0.2) is 36.5 Å². The van der Waals surface area contributed by atoms with E-state index in [1.165, 1.54) is 36.5 Å². The summed E-state index contributed by atoms with van der Waals surface area (Å²) >= 11 is 1.19. The summed E-state index contributed by atoms with van der Waals surface area (Å²) in [5.41, 5.74) is 1.46. The number of pyridine rings is 1. The van der Waals surface area contributed by atoms with Crippen molar-refractivity contribution in [1.82, 2.24) is 9.88 Å². The highest BCUT2D eigenvalue weighted by molar-refractivity contribution is 7.21. The molecule has 3 aromatic rings. The first-order valence-electron chi connectivity index (χ1n) is 8.57. The second-order valence-electron chi connectivity index (χ2n) is 6.38. The Kier molecular flexibility index (Phi) is 6.01. The summed E-state index contributed by atoms with van der Waals surface area (Å²) in [7, 11) is 3.02. The number of carbonyl (C=O) groups excluding carboxylic acids is 2. The number of aryl methyl sites for hydroxylation is 1. The first kappa shape index (κ1) is 19.9. The van der Waals surface area contributed by atoms with Crippen LogP contribution in [0.25, 0.3) is 10.1 Å². The lowest BCUT2D eigenvalue weighted by Gasteiger charge is -2.17. The van der Waals surface area contributed by atoms with Crippen LogP contribution in [0.3, 0.4) is 0 Å². The van der Waals surface area contributed by atoms with Gasteiger partial charge in [-0.25, -0.2) is 9.37 Å². The first-order chi connectivity index (χ1) is 13.4. The number of hydrogen-bond acceptors (Lipinski definition) is 5. The van der Waals surface area contributed by atoms with Gasteiger partial charge in [0.2, 0.25) is 5.91 Å². The van der Waals surface area contributed by atoms with Crippen LogP contribution in [-0.2, 0) is 16.1 Å². The lowest BCUT2D eigenvalue weighted by Crippen LogP contribution is -2.35. The highest BCUT2D eigenvalue weighted by atomic mass is 32.1. The SMILES string of the molecule is COCc1c(C(=O)N(C)CC(=O)Nc2cc(C)ccn2)sc2cccc(F)c12. The number of anilines is 1. The van der Waals surface area contributed by atoms with Gasteiger partial charge in [0.05, 0.1) is 18.0 Å². The fourth-order valence-electron chi connectivity index (χ4n) is 2.87. The molecule has 8 heteroatoms. The molecule has 0 aliphatic rings. The van der Waals surface area contributed by atoms with Crippen molar-refractivity contribution >= 4 is 39.1 Å². The molecular formula is C20H20FN3O3S. The van der Waals surface area contributed by atoms with Crippen LogP contribution in [0.2, 0.25) is 0 Å². The molecule has 0 spiro atoms. The predicted molar refractivity (Wildman–Crippen MR) is 107 cm³/mol. The van der Waals surface area contributed by atoms with Crippen LogP contribution in [-0.4, -0.2) is 42.4 Å². The number of rotatable bonds is 6. The smallest absolute Gasteiger partial charge is 0.264 e. The van der Waals surface area contributed by atoms with Gasteiger partial charge in [0, 0.05) is 36.0 Å². The summed E-state index contributed by atoms with van der Waals surface area (Å²) in [4.78, 5) is 30.9. The van der Waals surface area contributed by atoms with Gasteiger partial charge in [-0.05, 0) is 36.8 Å². The number of benzene rings is 1. The second-order valence-corrected chi connectivity index (χ2v) is 7.44. The molecule has 0 unspecified atom stereocenters. The third-order valence-electron chi connectivity index (χ3n) is 4.16. The van der Waals surface area contributed by atoms with Gasteiger partial charge in [0.25, 0.3) is 5.91 Å². The molecule has 1 N–H and O–H groups in total. The monoisotopic (exact) mass is 401 g/mol.